The molecular formula is C41H54N10O2. The number of nitrogens with two attached hydrogens (primary N) is 1. The van der Waals surface area contributed by atoms with E-state index in [1.165, 1.54) is 5.56 Å². The second kappa shape index (κ2) is 15.7. The van der Waals surface area contributed by atoms with Gasteiger partial charge in [-0.3, -0.25) is 19.5 Å². The molecule has 2 aliphatic heterocycles. The highest BCUT2D eigenvalue weighted by atomic mass is 16.5. The lowest BCUT2D eigenvalue weighted by Gasteiger charge is -2.32. The number of amides is 2. The summed E-state index contributed by atoms with van der Waals surface area (Å²) in [6.45, 7) is 12.3. The van der Waals surface area contributed by atoms with E-state index in [4.69, 9.17) is 15.5 Å². The van der Waals surface area contributed by atoms with Gasteiger partial charge in [0.2, 0.25) is 0 Å². The van der Waals surface area contributed by atoms with E-state index in [-0.39, 0.29) is 29.6 Å². The Bertz CT molecular complexity index is 1970. The van der Waals surface area contributed by atoms with Crippen LogP contribution in [0.4, 0.5) is 10.5 Å². The van der Waals surface area contributed by atoms with Crippen LogP contribution >= 0.6 is 0 Å². The zero-order chi connectivity index (χ0) is 37.1. The molecule has 4 N–H and O–H groups in total. The molecule has 7 rings (SSSR count). The number of hydrogen-bond acceptors (Lipinski definition) is 9. The molecule has 280 valence electrons. The van der Waals surface area contributed by atoms with E-state index in [1.807, 2.05) is 63.4 Å². The number of urea groups is 1. The van der Waals surface area contributed by atoms with Gasteiger partial charge in [0.1, 0.15) is 17.7 Å². The summed E-state index contributed by atoms with van der Waals surface area (Å²) < 4.78 is 8.73. The number of carbonyl (C=O) groups is 1. The normalized spacial score (nSPS) is 22.2. The highest BCUT2D eigenvalue weighted by molar-refractivity contribution is 6.05. The fraction of sp³-hybridized carbons (Fsp3) is 0.463. The number of carbonyl (C=O) groups excluding carboxylic acids is 1. The number of amidine groups is 1. The van der Waals surface area contributed by atoms with Gasteiger partial charge < -0.3 is 20.7 Å². The molecule has 12 nitrogen and oxygen atoms in total. The molecular weight excluding hydrogens is 665 g/mol. The van der Waals surface area contributed by atoms with Crippen LogP contribution in [-0.4, -0.2) is 88.0 Å². The van der Waals surface area contributed by atoms with Gasteiger partial charge in [-0.15, -0.1) is 10.2 Å². The number of likely N-dealkylation sites (N-methyl/N-ethyl adjacent to an activating group) is 1. The van der Waals surface area contributed by atoms with Crippen LogP contribution in [0, 0.1) is 5.41 Å². The van der Waals surface area contributed by atoms with Gasteiger partial charge in [-0.2, -0.15) is 0 Å². The number of nitrogens with zero attached hydrogens (tertiary/aromatic N) is 7. The number of allylic oxidation sites excluding steroid dienone is 1. The average Bonchev–Trinajstić information content (AvgIpc) is 3.75. The Labute approximate surface area is 313 Å². The van der Waals surface area contributed by atoms with Crippen molar-refractivity contribution in [3.8, 4) is 5.75 Å². The third kappa shape index (κ3) is 8.72. The van der Waals surface area contributed by atoms with E-state index in [1.54, 1.807) is 6.08 Å². The van der Waals surface area contributed by atoms with E-state index in [9.17, 15) is 4.79 Å². The summed E-state index contributed by atoms with van der Waals surface area (Å²) in [4.78, 5) is 25.8. The fourth-order valence-corrected chi connectivity index (χ4v) is 7.51. The first-order valence-corrected chi connectivity index (χ1v) is 18.9. The number of likely N-dealkylation sites (tertiary alicyclic amines) is 1. The smallest absolute Gasteiger partial charge is 0.320 e. The van der Waals surface area contributed by atoms with Crippen molar-refractivity contribution < 1.29 is 9.53 Å². The molecule has 2 aromatic carbocycles. The molecule has 4 aromatic rings. The molecule has 1 aliphatic carbocycles. The minimum absolute atomic E-state index is 0.163. The highest BCUT2D eigenvalue weighted by Crippen LogP contribution is 2.39. The largest absolute Gasteiger partial charge is 0.484 e. The Hall–Kier alpha value is -4.78. The van der Waals surface area contributed by atoms with Crippen LogP contribution in [0.2, 0.25) is 0 Å². The van der Waals surface area contributed by atoms with E-state index >= 15 is 0 Å². The van der Waals surface area contributed by atoms with Gasteiger partial charge in [0.15, 0.2) is 11.5 Å². The number of aromatic nitrogens is 3. The fourth-order valence-electron chi connectivity index (χ4n) is 7.51. The molecule has 0 spiro atoms. The van der Waals surface area contributed by atoms with Gasteiger partial charge in [0.25, 0.3) is 0 Å². The summed E-state index contributed by atoms with van der Waals surface area (Å²) in [5.74, 6) is 2.11. The maximum absolute atomic E-state index is 13.7. The maximum atomic E-state index is 13.7. The highest BCUT2D eigenvalue weighted by Gasteiger charge is 2.31. The van der Waals surface area contributed by atoms with Gasteiger partial charge in [-0.25, -0.2) is 9.79 Å². The van der Waals surface area contributed by atoms with Gasteiger partial charge in [0, 0.05) is 49.9 Å². The van der Waals surface area contributed by atoms with Crippen molar-refractivity contribution in [2.24, 2.45) is 16.1 Å². The first-order chi connectivity index (χ1) is 25.5. The third-order valence-corrected chi connectivity index (χ3v) is 10.8. The van der Waals surface area contributed by atoms with E-state index in [0.717, 1.165) is 92.6 Å². The first kappa shape index (κ1) is 36.6. The number of rotatable bonds is 8. The van der Waals surface area contributed by atoms with Gasteiger partial charge in [-0.1, -0.05) is 57.2 Å². The van der Waals surface area contributed by atoms with E-state index in [0.29, 0.717) is 18.0 Å². The summed E-state index contributed by atoms with van der Waals surface area (Å²) >= 11 is 0. The van der Waals surface area contributed by atoms with Crippen molar-refractivity contribution in [3.05, 3.63) is 101 Å². The number of nitrogens with one attached hydrogen (secondary N) is 2. The summed E-state index contributed by atoms with van der Waals surface area (Å²) in [6.07, 6.45) is 7.29. The standard InChI is InChI=1S/C41H54N10O2/c1-41(2,3)36(42)25-37(43-29-11-8-10-28(24-29)26-50-22-20-48(4)21-23-50)45-40(52)44-33-16-17-35(32-13-7-6-12-31(32)33)53-30-15-18-38-46-47-39(51(38)27-30)34-14-9-19-49(34)5/h6-8,10-13,15,18,24-25,27,33-35H,9,14,16-17,19-23,26,42H2,1-5H3,(H2,43,44,45,52)/b36-25-/t33-,34-,35+/m0/s1. The molecule has 3 atom stereocenters. The third-order valence-electron chi connectivity index (χ3n) is 10.8. The molecule has 2 saturated heterocycles. The summed E-state index contributed by atoms with van der Waals surface area (Å²) in [7, 11) is 4.31. The van der Waals surface area contributed by atoms with Crippen LogP contribution in [0.25, 0.3) is 5.65 Å². The van der Waals surface area contributed by atoms with Crippen molar-refractivity contribution in [1.82, 2.24) is 39.9 Å². The summed E-state index contributed by atoms with van der Waals surface area (Å²) in [6, 6.07) is 20.0. The van der Waals surface area contributed by atoms with Crippen LogP contribution in [0.5, 0.6) is 5.75 Å². The number of hydrogen-bond donors (Lipinski definition) is 3. The maximum Gasteiger partial charge on any atom is 0.320 e. The number of aliphatic imine (C=N–C) groups is 1. The first-order valence-electron chi connectivity index (χ1n) is 18.9. The molecule has 0 bridgehead atoms. The second-order valence-corrected chi connectivity index (χ2v) is 15.8. The van der Waals surface area contributed by atoms with Crippen LogP contribution in [0.1, 0.15) is 87.2 Å². The molecule has 53 heavy (non-hydrogen) atoms. The molecule has 12 heteroatoms. The number of benzene rings is 2. The average molecular weight is 719 g/mol. The summed E-state index contributed by atoms with van der Waals surface area (Å²) in [5.41, 5.74) is 11.7. The van der Waals surface area contributed by atoms with Crippen LogP contribution in [0.3, 0.4) is 0 Å². The van der Waals surface area contributed by atoms with Crippen LogP contribution < -0.4 is 21.1 Å². The van der Waals surface area contributed by atoms with E-state index < -0.39 is 0 Å². The SMILES string of the molecule is CN1CCN(Cc2cccc(N=C(/C=C(\N)C(C)(C)C)NC(=O)N[C@H]3CC[C@@H](Oc4ccc5nnc([C@@H]6CCCN6C)n5c4)c4ccccc43)c2)CC1. The Morgan fingerprint density at radius 2 is 1.75 bits per heavy atom. The Morgan fingerprint density at radius 1 is 0.962 bits per heavy atom. The minimum atomic E-state index is -0.336. The molecule has 2 aromatic heterocycles. The van der Waals surface area contributed by atoms with E-state index in [2.05, 4.69) is 78.3 Å². The van der Waals surface area contributed by atoms with Crippen molar-refractivity contribution in [3.63, 3.8) is 0 Å². The Morgan fingerprint density at radius 3 is 2.51 bits per heavy atom. The quantitative estimate of drug-likeness (QED) is 0.147. The minimum Gasteiger partial charge on any atom is -0.484 e. The molecule has 0 saturated carbocycles. The van der Waals surface area contributed by atoms with Crippen molar-refractivity contribution in [1.29, 1.82) is 0 Å². The van der Waals surface area contributed by atoms with Crippen LogP contribution in [-0.2, 0) is 6.54 Å². The number of ether oxygens (including phenoxy) is 1. The predicted octanol–water partition coefficient (Wildman–Crippen LogP) is 6.12. The Balaban J connectivity index is 1.06. The van der Waals surface area contributed by atoms with Crippen LogP contribution in [0.15, 0.2) is 83.6 Å². The lowest BCUT2D eigenvalue weighted by molar-refractivity contribution is 0.148. The Kier molecular flexibility index (Phi) is 10.8. The zero-order valence-corrected chi connectivity index (χ0v) is 31.8. The number of piperazine rings is 1. The van der Waals surface area contributed by atoms with Gasteiger partial charge in [0.05, 0.1) is 24.0 Å². The lowest BCUT2D eigenvalue weighted by Crippen LogP contribution is -2.43. The van der Waals surface area contributed by atoms with Crippen molar-refractivity contribution in [2.75, 3.05) is 46.8 Å². The molecule has 4 heterocycles. The molecule has 2 fully saturated rings. The van der Waals surface area contributed by atoms with Crippen molar-refractivity contribution >= 4 is 23.2 Å². The van der Waals surface area contributed by atoms with Gasteiger partial charge in [-0.05, 0) is 87.3 Å². The monoisotopic (exact) mass is 718 g/mol. The predicted molar refractivity (Wildman–Crippen MR) is 209 cm³/mol. The number of fused-ring (bicyclic) bond motifs is 2. The molecule has 0 unspecified atom stereocenters. The second-order valence-electron chi connectivity index (χ2n) is 15.8. The molecule has 0 radical (unpaired) electrons. The number of pyridine rings is 1. The lowest BCUT2D eigenvalue weighted by atomic mass is 9.85. The molecule has 2 amide bonds. The topological polar surface area (TPSA) is 129 Å². The van der Waals surface area contributed by atoms with Gasteiger partial charge >= 0.3 is 6.03 Å². The van der Waals surface area contributed by atoms with Crippen molar-refractivity contribution in [2.45, 2.75) is 71.2 Å². The molecule has 3 aliphatic rings. The zero-order valence-electron chi connectivity index (χ0n) is 31.8. The summed E-state index contributed by atoms with van der Waals surface area (Å²) in [5, 5.41) is 15.2.